The molecule has 186 valence electrons. The number of nitrogens with one attached hydrogen (secondary N) is 1. The Morgan fingerprint density at radius 2 is 1.68 bits per heavy atom. The van der Waals surface area contributed by atoms with Gasteiger partial charge in [0, 0.05) is 17.7 Å². The second-order valence-electron chi connectivity index (χ2n) is 9.17. The number of primary amides is 1. The lowest BCUT2D eigenvalue weighted by Gasteiger charge is -2.31. The highest BCUT2D eigenvalue weighted by atomic mass is 16.5. The SMILES string of the molecule is C[C@H](NC(=O)c1ccc2c(c1)OCCN2Cc1ccc(-c2ccccc2C(N)=O)cc1)c1ccccc1. The maximum Gasteiger partial charge on any atom is 0.251 e. The van der Waals surface area contributed by atoms with Crippen LogP contribution in [0.3, 0.4) is 0 Å². The fraction of sp³-hybridized carbons (Fsp3) is 0.161. The molecule has 4 aromatic rings. The lowest BCUT2D eigenvalue weighted by molar-refractivity contribution is 0.0938. The number of fused-ring (bicyclic) bond motifs is 1. The van der Waals surface area contributed by atoms with Crippen molar-refractivity contribution in [2.24, 2.45) is 5.73 Å². The molecule has 37 heavy (non-hydrogen) atoms. The summed E-state index contributed by atoms with van der Waals surface area (Å²) in [6, 6.07) is 30.9. The number of ether oxygens (including phenoxy) is 1. The summed E-state index contributed by atoms with van der Waals surface area (Å²) in [4.78, 5) is 26.9. The highest BCUT2D eigenvalue weighted by molar-refractivity contribution is 5.99. The minimum absolute atomic E-state index is 0.0972. The number of nitrogens with two attached hydrogens (primary N) is 1. The van der Waals surface area contributed by atoms with E-state index in [0.29, 0.717) is 30.0 Å². The molecule has 0 fully saturated rings. The van der Waals surface area contributed by atoms with Crippen molar-refractivity contribution in [1.29, 1.82) is 0 Å². The van der Waals surface area contributed by atoms with Crippen molar-refractivity contribution in [3.8, 4) is 16.9 Å². The van der Waals surface area contributed by atoms with Gasteiger partial charge in [-0.3, -0.25) is 9.59 Å². The number of hydrogen-bond acceptors (Lipinski definition) is 4. The quantitative estimate of drug-likeness (QED) is 0.365. The van der Waals surface area contributed by atoms with Gasteiger partial charge >= 0.3 is 0 Å². The maximum absolute atomic E-state index is 12.9. The molecule has 0 bridgehead atoms. The van der Waals surface area contributed by atoms with E-state index in [-0.39, 0.29) is 11.9 Å². The van der Waals surface area contributed by atoms with Gasteiger partial charge in [-0.25, -0.2) is 0 Å². The van der Waals surface area contributed by atoms with E-state index < -0.39 is 5.91 Å². The third-order valence-electron chi connectivity index (χ3n) is 6.66. The van der Waals surface area contributed by atoms with Crippen LogP contribution in [0.25, 0.3) is 11.1 Å². The molecule has 0 saturated carbocycles. The van der Waals surface area contributed by atoms with Crippen LogP contribution >= 0.6 is 0 Å². The van der Waals surface area contributed by atoms with Gasteiger partial charge in [-0.2, -0.15) is 0 Å². The molecule has 2 amide bonds. The van der Waals surface area contributed by atoms with Gasteiger partial charge in [0.2, 0.25) is 5.91 Å². The monoisotopic (exact) mass is 491 g/mol. The molecule has 0 aromatic heterocycles. The lowest BCUT2D eigenvalue weighted by Crippen LogP contribution is -2.32. The molecule has 1 aliphatic rings. The molecule has 0 saturated heterocycles. The summed E-state index contributed by atoms with van der Waals surface area (Å²) in [5.41, 5.74) is 11.5. The van der Waals surface area contributed by atoms with Gasteiger partial charge < -0.3 is 20.7 Å². The fourth-order valence-corrected chi connectivity index (χ4v) is 4.65. The average molecular weight is 492 g/mol. The predicted molar refractivity (Wildman–Crippen MR) is 146 cm³/mol. The third kappa shape index (κ3) is 5.33. The smallest absolute Gasteiger partial charge is 0.251 e. The summed E-state index contributed by atoms with van der Waals surface area (Å²) in [5, 5.41) is 3.06. The van der Waals surface area contributed by atoms with Crippen molar-refractivity contribution in [3.05, 3.63) is 119 Å². The van der Waals surface area contributed by atoms with E-state index >= 15 is 0 Å². The summed E-state index contributed by atoms with van der Waals surface area (Å²) in [6.45, 7) is 3.96. The standard InChI is InChI=1S/C31H29N3O3/c1-21(23-7-3-2-4-8-23)33-31(36)25-15-16-28-29(19-25)37-18-17-34(28)20-22-11-13-24(14-12-22)26-9-5-6-10-27(26)30(32)35/h2-16,19,21H,17-18,20H2,1H3,(H2,32,35)(H,33,36)/t21-/m0/s1. The van der Waals surface area contributed by atoms with E-state index in [1.807, 2.05) is 85.8 Å². The molecule has 0 spiro atoms. The first-order chi connectivity index (χ1) is 18.0. The van der Waals surface area contributed by atoms with E-state index in [1.165, 1.54) is 0 Å². The molecule has 1 atom stereocenters. The molecule has 3 N–H and O–H groups in total. The number of hydrogen-bond donors (Lipinski definition) is 2. The van der Waals surface area contributed by atoms with Gasteiger partial charge in [0.1, 0.15) is 12.4 Å². The molecule has 1 heterocycles. The number of nitrogens with zero attached hydrogens (tertiary/aromatic N) is 1. The number of amides is 2. The summed E-state index contributed by atoms with van der Waals surface area (Å²) < 4.78 is 5.92. The minimum atomic E-state index is -0.438. The summed E-state index contributed by atoms with van der Waals surface area (Å²) in [7, 11) is 0. The van der Waals surface area contributed by atoms with Gasteiger partial charge in [0.25, 0.3) is 5.91 Å². The second-order valence-corrected chi connectivity index (χ2v) is 9.17. The Kier molecular flexibility index (Phi) is 6.90. The zero-order valence-corrected chi connectivity index (χ0v) is 20.7. The Balaban J connectivity index is 1.29. The second kappa shape index (κ2) is 10.6. The molecular formula is C31H29N3O3. The largest absolute Gasteiger partial charge is 0.490 e. The van der Waals surface area contributed by atoms with Crippen molar-refractivity contribution >= 4 is 17.5 Å². The maximum atomic E-state index is 12.9. The molecular weight excluding hydrogens is 462 g/mol. The summed E-state index contributed by atoms with van der Waals surface area (Å²) in [5.74, 6) is 0.136. The van der Waals surface area contributed by atoms with Crippen LogP contribution in [0.4, 0.5) is 5.69 Å². The van der Waals surface area contributed by atoms with E-state index in [4.69, 9.17) is 10.5 Å². The highest BCUT2D eigenvalue weighted by Gasteiger charge is 2.21. The summed E-state index contributed by atoms with van der Waals surface area (Å²) >= 11 is 0. The third-order valence-corrected chi connectivity index (χ3v) is 6.66. The van der Waals surface area contributed by atoms with Crippen molar-refractivity contribution in [2.45, 2.75) is 19.5 Å². The lowest BCUT2D eigenvalue weighted by atomic mass is 9.98. The van der Waals surface area contributed by atoms with Crippen molar-refractivity contribution in [3.63, 3.8) is 0 Å². The molecule has 6 nitrogen and oxygen atoms in total. The molecule has 0 radical (unpaired) electrons. The summed E-state index contributed by atoms with van der Waals surface area (Å²) in [6.07, 6.45) is 0. The first-order valence-electron chi connectivity index (χ1n) is 12.4. The highest BCUT2D eigenvalue weighted by Crippen LogP contribution is 2.34. The van der Waals surface area contributed by atoms with Crippen LogP contribution in [0, 0.1) is 0 Å². The van der Waals surface area contributed by atoms with Crippen LogP contribution in [-0.2, 0) is 6.54 Å². The minimum Gasteiger partial charge on any atom is -0.490 e. The average Bonchev–Trinajstić information content (AvgIpc) is 2.93. The Labute approximate surface area is 216 Å². The molecule has 0 unspecified atom stereocenters. The van der Waals surface area contributed by atoms with Crippen LogP contribution < -0.4 is 20.7 Å². The fourth-order valence-electron chi connectivity index (χ4n) is 4.65. The number of carbonyl (C=O) groups excluding carboxylic acids is 2. The zero-order valence-electron chi connectivity index (χ0n) is 20.7. The molecule has 5 rings (SSSR count). The van der Waals surface area contributed by atoms with E-state index in [2.05, 4.69) is 22.3 Å². The van der Waals surface area contributed by atoms with Crippen molar-refractivity contribution in [1.82, 2.24) is 5.32 Å². The van der Waals surface area contributed by atoms with Crippen LogP contribution in [-0.4, -0.2) is 25.0 Å². The first-order valence-corrected chi connectivity index (χ1v) is 12.4. The Bertz CT molecular complexity index is 1420. The molecule has 4 aromatic carbocycles. The Hall–Kier alpha value is -4.58. The van der Waals surface area contributed by atoms with Gasteiger partial charge in [-0.05, 0) is 53.4 Å². The van der Waals surface area contributed by atoms with E-state index in [1.54, 1.807) is 6.07 Å². The predicted octanol–water partition coefficient (Wildman–Crippen LogP) is 5.34. The van der Waals surface area contributed by atoms with Crippen molar-refractivity contribution < 1.29 is 14.3 Å². The van der Waals surface area contributed by atoms with Gasteiger partial charge in [0.15, 0.2) is 0 Å². The number of anilines is 1. The molecule has 1 aliphatic heterocycles. The van der Waals surface area contributed by atoms with E-state index in [9.17, 15) is 9.59 Å². The number of rotatable bonds is 7. The van der Waals surface area contributed by atoms with Crippen LogP contribution in [0.2, 0.25) is 0 Å². The van der Waals surface area contributed by atoms with Crippen LogP contribution in [0.1, 0.15) is 44.8 Å². The van der Waals surface area contributed by atoms with Gasteiger partial charge in [-0.1, -0.05) is 72.8 Å². The van der Waals surface area contributed by atoms with Crippen LogP contribution in [0.5, 0.6) is 5.75 Å². The zero-order chi connectivity index (χ0) is 25.8. The Morgan fingerprint density at radius 3 is 2.43 bits per heavy atom. The normalized spacial score (nSPS) is 13.3. The van der Waals surface area contributed by atoms with Crippen molar-refractivity contribution in [2.75, 3.05) is 18.1 Å². The van der Waals surface area contributed by atoms with Gasteiger partial charge in [0.05, 0.1) is 18.3 Å². The Morgan fingerprint density at radius 1 is 0.946 bits per heavy atom. The first kappa shape index (κ1) is 24.1. The van der Waals surface area contributed by atoms with Gasteiger partial charge in [-0.15, -0.1) is 0 Å². The number of benzene rings is 4. The van der Waals surface area contributed by atoms with Crippen LogP contribution in [0.15, 0.2) is 97.1 Å². The number of carbonyl (C=O) groups is 2. The molecule has 0 aliphatic carbocycles. The van der Waals surface area contributed by atoms with E-state index in [0.717, 1.165) is 34.5 Å². The topological polar surface area (TPSA) is 84.7 Å². The molecule has 6 heteroatoms.